The molecular formula is C22H37N3O4. The minimum atomic E-state index is -0.350. The van der Waals surface area contributed by atoms with Gasteiger partial charge in [0.1, 0.15) is 0 Å². The Morgan fingerprint density at radius 3 is 2.66 bits per heavy atom. The lowest BCUT2D eigenvalue weighted by Gasteiger charge is -2.48. The van der Waals surface area contributed by atoms with Crippen molar-refractivity contribution in [3.8, 4) is 0 Å². The zero-order valence-corrected chi connectivity index (χ0v) is 18.1. The molecule has 2 amide bonds. The molecule has 4 atom stereocenters. The number of hydrogen-bond acceptors (Lipinski definition) is 6. The van der Waals surface area contributed by atoms with E-state index in [1.54, 1.807) is 0 Å². The number of ether oxygens (including phenoxy) is 1. The number of aliphatic hydroxyl groups is 1. The van der Waals surface area contributed by atoms with Gasteiger partial charge in [-0.15, -0.1) is 0 Å². The molecule has 0 aromatic rings. The van der Waals surface area contributed by atoms with Gasteiger partial charge in [-0.05, 0) is 26.2 Å². The van der Waals surface area contributed by atoms with Gasteiger partial charge in [-0.1, -0.05) is 38.8 Å². The summed E-state index contributed by atoms with van der Waals surface area (Å²) in [6.45, 7) is 12.7. The first-order valence-electron chi connectivity index (χ1n) is 11.0. The highest BCUT2D eigenvalue weighted by atomic mass is 16.5. The van der Waals surface area contributed by atoms with E-state index in [9.17, 15) is 14.7 Å². The monoisotopic (exact) mass is 407 g/mol. The van der Waals surface area contributed by atoms with Crippen molar-refractivity contribution < 1.29 is 19.4 Å². The van der Waals surface area contributed by atoms with E-state index in [2.05, 4.69) is 42.9 Å². The predicted octanol–water partition coefficient (Wildman–Crippen LogP) is 1.36. The van der Waals surface area contributed by atoms with Crippen LogP contribution in [0.25, 0.3) is 0 Å². The largest absolute Gasteiger partial charge is 0.390 e. The van der Waals surface area contributed by atoms with E-state index >= 15 is 0 Å². The van der Waals surface area contributed by atoms with Crippen LogP contribution in [0, 0.1) is 5.41 Å². The van der Waals surface area contributed by atoms with E-state index < -0.39 is 0 Å². The highest BCUT2D eigenvalue weighted by Crippen LogP contribution is 2.36. The Morgan fingerprint density at radius 2 is 2.00 bits per heavy atom. The maximum atomic E-state index is 11.9. The third-order valence-electron chi connectivity index (χ3n) is 7.13. The number of hydrogen-bond donors (Lipinski definition) is 3. The lowest BCUT2D eigenvalue weighted by molar-refractivity contribution is -0.134. The van der Waals surface area contributed by atoms with Crippen LogP contribution in [0.4, 0.5) is 0 Å². The Balaban J connectivity index is 1.52. The molecule has 0 spiro atoms. The number of piperidine rings is 1. The molecule has 164 valence electrons. The van der Waals surface area contributed by atoms with Gasteiger partial charge in [0.05, 0.1) is 24.4 Å². The van der Waals surface area contributed by atoms with Crippen LogP contribution in [-0.4, -0.2) is 71.9 Å². The number of aliphatic hydroxyl groups excluding tert-OH is 1. The molecule has 1 saturated carbocycles. The molecule has 7 heteroatoms. The van der Waals surface area contributed by atoms with Gasteiger partial charge in [0.25, 0.3) is 0 Å². The topological polar surface area (TPSA) is 90.9 Å². The van der Waals surface area contributed by atoms with E-state index in [0.717, 1.165) is 31.5 Å². The first-order valence-corrected chi connectivity index (χ1v) is 11.0. The highest BCUT2D eigenvalue weighted by Gasteiger charge is 2.40. The Morgan fingerprint density at radius 1 is 1.31 bits per heavy atom. The van der Waals surface area contributed by atoms with Crippen molar-refractivity contribution in [3.05, 3.63) is 12.2 Å². The maximum absolute atomic E-state index is 11.9. The fraction of sp³-hybridized carbons (Fsp3) is 0.818. The van der Waals surface area contributed by atoms with Gasteiger partial charge in [0.15, 0.2) is 0 Å². The van der Waals surface area contributed by atoms with Crippen molar-refractivity contribution >= 4 is 11.8 Å². The van der Waals surface area contributed by atoms with Crippen LogP contribution in [0.3, 0.4) is 0 Å². The van der Waals surface area contributed by atoms with E-state index in [1.807, 2.05) is 0 Å². The van der Waals surface area contributed by atoms with Crippen molar-refractivity contribution in [3.63, 3.8) is 0 Å². The number of nitrogens with one attached hydrogen (secondary N) is 2. The second kappa shape index (κ2) is 9.25. The number of imide groups is 1. The van der Waals surface area contributed by atoms with Gasteiger partial charge in [-0.2, -0.15) is 0 Å². The molecule has 3 aliphatic rings. The van der Waals surface area contributed by atoms with Crippen LogP contribution in [0.1, 0.15) is 59.3 Å². The normalized spacial score (nSPS) is 30.6. The summed E-state index contributed by atoms with van der Waals surface area (Å²) in [4.78, 5) is 25.6. The first kappa shape index (κ1) is 22.4. The minimum Gasteiger partial charge on any atom is -0.390 e. The second-order valence-electron chi connectivity index (χ2n) is 9.49. The van der Waals surface area contributed by atoms with Gasteiger partial charge in [-0.3, -0.25) is 19.8 Å². The van der Waals surface area contributed by atoms with Crippen molar-refractivity contribution in [2.24, 2.45) is 5.41 Å². The maximum Gasteiger partial charge on any atom is 0.243 e. The summed E-state index contributed by atoms with van der Waals surface area (Å²) < 4.78 is 6.57. The van der Waals surface area contributed by atoms with Crippen molar-refractivity contribution in [1.29, 1.82) is 0 Å². The standard InChI is InChI=1S/C22H37N3O4/c1-14(11-23-17-9-10-20(27)24-21(17)28)22(3,4)15(2)29-19-8-6-5-7-18(19)25-12-16(26)13-25/h15-19,23,26H,1,5-13H2,2-4H3,(H,24,27,28)/t15?,17?,18-,19-/m0/s1. The predicted molar refractivity (Wildman–Crippen MR) is 111 cm³/mol. The molecule has 3 N–H and O–H groups in total. The Kier molecular flexibility index (Phi) is 7.14. The molecule has 0 aromatic carbocycles. The lowest BCUT2D eigenvalue weighted by Crippen LogP contribution is -2.60. The summed E-state index contributed by atoms with van der Waals surface area (Å²) >= 11 is 0. The fourth-order valence-electron chi connectivity index (χ4n) is 4.49. The SMILES string of the molecule is C=C(CNC1CCC(=O)NC1=O)C(C)(C)C(C)O[C@H]1CCCC[C@@H]1N1CC(O)C1. The molecule has 1 aliphatic carbocycles. The number of amides is 2. The molecule has 29 heavy (non-hydrogen) atoms. The summed E-state index contributed by atoms with van der Waals surface area (Å²) in [5.41, 5.74) is 0.728. The minimum absolute atomic E-state index is 0.0182. The van der Waals surface area contributed by atoms with Crippen LogP contribution in [0.5, 0.6) is 0 Å². The summed E-state index contributed by atoms with van der Waals surface area (Å²) in [5.74, 6) is -0.455. The number of rotatable bonds is 8. The Bertz CT molecular complexity index is 630. The van der Waals surface area contributed by atoms with Crippen molar-refractivity contribution in [2.75, 3.05) is 19.6 Å². The third kappa shape index (κ3) is 5.26. The number of nitrogens with zero attached hydrogens (tertiary/aromatic N) is 1. The third-order valence-corrected chi connectivity index (χ3v) is 7.13. The zero-order chi connectivity index (χ0) is 21.2. The van der Waals surface area contributed by atoms with Crippen LogP contribution < -0.4 is 10.6 Å². The second-order valence-corrected chi connectivity index (χ2v) is 9.49. The van der Waals surface area contributed by atoms with Crippen LogP contribution >= 0.6 is 0 Å². The van der Waals surface area contributed by atoms with E-state index in [4.69, 9.17) is 4.74 Å². The quantitative estimate of drug-likeness (QED) is 0.416. The molecule has 0 bridgehead atoms. The van der Waals surface area contributed by atoms with Crippen LogP contribution in [0.15, 0.2) is 12.2 Å². The smallest absolute Gasteiger partial charge is 0.243 e. The molecule has 2 unspecified atom stereocenters. The molecule has 2 heterocycles. The molecule has 0 aromatic heterocycles. The fourth-order valence-corrected chi connectivity index (χ4v) is 4.49. The van der Waals surface area contributed by atoms with Gasteiger partial charge in [0.2, 0.25) is 11.8 Å². The van der Waals surface area contributed by atoms with E-state index in [1.165, 1.54) is 12.8 Å². The highest BCUT2D eigenvalue weighted by molar-refractivity contribution is 6.00. The molecule has 7 nitrogen and oxygen atoms in total. The first-order chi connectivity index (χ1) is 13.7. The average molecular weight is 408 g/mol. The molecular weight excluding hydrogens is 370 g/mol. The summed E-state index contributed by atoms with van der Waals surface area (Å²) in [6, 6.07) is 0.0392. The van der Waals surface area contributed by atoms with Gasteiger partial charge in [-0.25, -0.2) is 0 Å². The number of carbonyl (C=O) groups is 2. The molecule has 2 saturated heterocycles. The molecule has 0 radical (unpaired) electrons. The van der Waals surface area contributed by atoms with Gasteiger partial charge in [0, 0.05) is 37.5 Å². The van der Waals surface area contributed by atoms with Crippen LogP contribution in [0.2, 0.25) is 0 Å². The average Bonchev–Trinajstić information content (AvgIpc) is 2.65. The zero-order valence-electron chi connectivity index (χ0n) is 18.1. The Labute approximate surface area is 174 Å². The van der Waals surface area contributed by atoms with E-state index in [-0.39, 0.29) is 41.6 Å². The molecule has 2 aliphatic heterocycles. The van der Waals surface area contributed by atoms with Crippen molar-refractivity contribution in [2.45, 2.75) is 89.7 Å². The van der Waals surface area contributed by atoms with Crippen LogP contribution in [-0.2, 0) is 14.3 Å². The van der Waals surface area contributed by atoms with Gasteiger partial charge >= 0.3 is 0 Å². The lowest BCUT2D eigenvalue weighted by atomic mass is 9.79. The molecule has 3 fully saturated rings. The van der Waals surface area contributed by atoms with Gasteiger partial charge < -0.3 is 15.2 Å². The Hall–Kier alpha value is -1.28. The molecule has 3 rings (SSSR count). The number of likely N-dealkylation sites (tertiary alicyclic amines) is 1. The summed E-state index contributed by atoms with van der Waals surface area (Å²) in [6.07, 6.45) is 5.45. The number of β-amino-alcohol motifs (C(OH)–C–C–N with tert-alkyl or cyclic N) is 1. The summed E-state index contributed by atoms with van der Waals surface area (Å²) in [5, 5.41) is 15.3. The summed E-state index contributed by atoms with van der Waals surface area (Å²) in [7, 11) is 0. The van der Waals surface area contributed by atoms with E-state index in [0.29, 0.717) is 25.4 Å². The van der Waals surface area contributed by atoms with Crippen molar-refractivity contribution in [1.82, 2.24) is 15.5 Å². The number of carbonyl (C=O) groups excluding carboxylic acids is 2.